The van der Waals surface area contributed by atoms with Crippen molar-refractivity contribution < 1.29 is 4.74 Å². The summed E-state index contributed by atoms with van der Waals surface area (Å²) in [7, 11) is 0. The number of nitrogens with one attached hydrogen (secondary N) is 1. The lowest BCUT2D eigenvalue weighted by Gasteiger charge is -2.10. The zero-order valence-electron chi connectivity index (χ0n) is 14.9. The molecule has 0 bridgehead atoms. The lowest BCUT2D eigenvalue weighted by atomic mass is 10.1. The number of hydrogen-bond acceptors (Lipinski definition) is 4. The SMILES string of the molecule is N#Cc1ccccc1COc1ccc(/C=N\NCc2ccccc2Cl)cc1Br. The Hall–Kier alpha value is -2.81. The summed E-state index contributed by atoms with van der Waals surface area (Å²) in [4.78, 5) is 0. The van der Waals surface area contributed by atoms with Crippen LogP contribution in [0.4, 0.5) is 0 Å². The summed E-state index contributed by atoms with van der Waals surface area (Å²) in [6, 6.07) is 22.9. The van der Waals surface area contributed by atoms with Crippen LogP contribution in [0.2, 0.25) is 5.02 Å². The molecule has 0 aliphatic rings. The van der Waals surface area contributed by atoms with Crippen molar-refractivity contribution in [3.05, 3.63) is 98.5 Å². The Bertz CT molecular complexity index is 1030. The zero-order chi connectivity index (χ0) is 19.8. The van der Waals surface area contributed by atoms with Gasteiger partial charge in [0.25, 0.3) is 0 Å². The molecule has 28 heavy (non-hydrogen) atoms. The number of hydrogen-bond donors (Lipinski definition) is 1. The molecule has 0 fully saturated rings. The summed E-state index contributed by atoms with van der Waals surface area (Å²) in [5.41, 5.74) is 6.37. The second-order valence-electron chi connectivity index (χ2n) is 5.93. The van der Waals surface area contributed by atoms with Crippen molar-refractivity contribution in [2.45, 2.75) is 13.2 Å². The first kappa shape index (κ1) is 19.9. The summed E-state index contributed by atoms with van der Waals surface area (Å²) in [5, 5.41) is 14.1. The van der Waals surface area contributed by atoms with E-state index >= 15 is 0 Å². The smallest absolute Gasteiger partial charge is 0.134 e. The van der Waals surface area contributed by atoms with Gasteiger partial charge in [-0.05, 0) is 57.4 Å². The van der Waals surface area contributed by atoms with Gasteiger partial charge in [0.05, 0.1) is 28.9 Å². The lowest BCUT2D eigenvalue weighted by molar-refractivity contribution is 0.304. The van der Waals surface area contributed by atoms with E-state index in [-0.39, 0.29) is 0 Å². The molecule has 0 heterocycles. The fourth-order valence-electron chi connectivity index (χ4n) is 2.52. The van der Waals surface area contributed by atoms with Gasteiger partial charge in [0.2, 0.25) is 0 Å². The second-order valence-corrected chi connectivity index (χ2v) is 7.19. The van der Waals surface area contributed by atoms with E-state index in [0.717, 1.165) is 21.2 Å². The minimum atomic E-state index is 0.329. The maximum atomic E-state index is 9.15. The van der Waals surface area contributed by atoms with Gasteiger partial charge < -0.3 is 10.2 Å². The monoisotopic (exact) mass is 453 g/mol. The maximum Gasteiger partial charge on any atom is 0.134 e. The average Bonchev–Trinajstić information content (AvgIpc) is 2.72. The highest BCUT2D eigenvalue weighted by atomic mass is 79.9. The van der Waals surface area contributed by atoms with Gasteiger partial charge in [-0.1, -0.05) is 48.0 Å². The molecule has 0 spiro atoms. The quantitative estimate of drug-likeness (QED) is 0.369. The van der Waals surface area contributed by atoms with Crippen LogP contribution in [0.3, 0.4) is 0 Å². The van der Waals surface area contributed by atoms with Gasteiger partial charge in [-0.3, -0.25) is 0 Å². The van der Waals surface area contributed by atoms with Crippen LogP contribution in [0.25, 0.3) is 0 Å². The summed E-state index contributed by atoms with van der Waals surface area (Å²) in [6.07, 6.45) is 1.73. The third-order valence-corrected chi connectivity index (χ3v) is 5.00. The predicted octanol–water partition coefficient (Wildman–Crippen LogP) is 5.68. The Morgan fingerprint density at radius 3 is 2.57 bits per heavy atom. The second kappa shape index (κ2) is 9.93. The molecule has 0 saturated heterocycles. The van der Waals surface area contributed by atoms with Gasteiger partial charge >= 0.3 is 0 Å². The minimum Gasteiger partial charge on any atom is -0.488 e. The van der Waals surface area contributed by atoms with Crippen molar-refractivity contribution in [1.82, 2.24) is 5.43 Å². The van der Waals surface area contributed by atoms with Crippen molar-refractivity contribution in [3.63, 3.8) is 0 Å². The highest BCUT2D eigenvalue weighted by Gasteiger charge is 2.05. The molecule has 0 atom stereocenters. The van der Waals surface area contributed by atoms with E-state index in [0.29, 0.717) is 29.5 Å². The average molecular weight is 455 g/mol. The van der Waals surface area contributed by atoms with Gasteiger partial charge in [-0.15, -0.1) is 0 Å². The molecule has 3 aromatic rings. The van der Waals surface area contributed by atoms with Gasteiger partial charge in [-0.2, -0.15) is 10.4 Å². The van der Waals surface area contributed by atoms with Crippen LogP contribution in [0, 0.1) is 11.3 Å². The molecular formula is C22H17BrClN3O. The highest BCUT2D eigenvalue weighted by molar-refractivity contribution is 9.10. The molecule has 140 valence electrons. The first-order valence-electron chi connectivity index (χ1n) is 8.57. The van der Waals surface area contributed by atoms with Crippen LogP contribution >= 0.6 is 27.5 Å². The number of nitriles is 1. The van der Waals surface area contributed by atoms with Crippen LogP contribution in [0.5, 0.6) is 5.75 Å². The number of halogens is 2. The normalized spacial score (nSPS) is 10.6. The van der Waals surface area contributed by atoms with Crippen LogP contribution in [0.1, 0.15) is 22.3 Å². The van der Waals surface area contributed by atoms with Crippen molar-refractivity contribution in [3.8, 4) is 11.8 Å². The van der Waals surface area contributed by atoms with Gasteiger partial charge in [-0.25, -0.2) is 0 Å². The molecule has 3 aromatic carbocycles. The molecule has 6 heteroatoms. The molecule has 0 aromatic heterocycles. The van der Waals surface area contributed by atoms with E-state index in [9.17, 15) is 0 Å². The molecule has 0 saturated carbocycles. The van der Waals surface area contributed by atoms with Crippen molar-refractivity contribution in [2.75, 3.05) is 0 Å². The number of hydrazone groups is 1. The fourth-order valence-corrected chi connectivity index (χ4v) is 3.23. The molecule has 3 rings (SSSR count). The van der Waals surface area contributed by atoms with Crippen molar-refractivity contribution >= 4 is 33.7 Å². The lowest BCUT2D eigenvalue weighted by Crippen LogP contribution is -2.06. The number of nitrogens with zero attached hydrogens (tertiary/aromatic N) is 2. The van der Waals surface area contributed by atoms with Crippen LogP contribution < -0.4 is 10.2 Å². The van der Waals surface area contributed by atoms with Gasteiger partial charge in [0.1, 0.15) is 12.4 Å². The number of benzene rings is 3. The van der Waals surface area contributed by atoms with Crippen LogP contribution in [-0.2, 0) is 13.2 Å². The number of rotatable bonds is 7. The Kier molecular flexibility index (Phi) is 7.07. The Morgan fingerprint density at radius 2 is 1.82 bits per heavy atom. The van der Waals surface area contributed by atoms with Crippen LogP contribution in [-0.4, -0.2) is 6.21 Å². The molecule has 0 aliphatic carbocycles. The molecule has 0 aliphatic heterocycles. The molecule has 0 amide bonds. The Morgan fingerprint density at radius 1 is 1.07 bits per heavy atom. The molecule has 4 nitrogen and oxygen atoms in total. The zero-order valence-corrected chi connectivity index (χ0v) is 17.2. The topological polar surface area (TPSA) is 57.4 Å². The third kappa shape index (κ3) is 5.35. The van der Waals surface area contributed by atoms with E-state index in [1.165, 1.54) is 0 Å². The molecule has 0 unspecified atom stereocenters. The third-order valence-electron chi connectivity index (χ3n) is 4.01. The standard InChI is InChI=1S/C22H17BrClN3O/c23-20-11-16(13-26-27-14-18-6-3-4-8-21(18)24)9-10-22(20)28-15-19-7-2-1-5-17(19)12-25/h1-11,13,27H,14-15H2/b26-13-. The van der Waals surface area contributed by atoms with Crippen molar-refractivity contribution in [2.24, 2.45) is 5.10 Å². The summed E-state index contributed by atoms with van der Waals surface area (Å²) >= 11 is 9.64. The van der Waals surface area contributed by atoms with Gasteiger partial charge in [0.15, 0.2) is 0 Å². The van der Waals surface area contributed by atoms with E-state index < -0.39 is 0 Å². The summed E-state index contributed by atoms with van der Waals surface area (Å²) in [5.74, 6) is 0.703. The summed E-state index contributed by atoms with van der Waals surface area (Å²) < 4.78 is 6.66. The van der Waals surface area contributed by atoms with E-state index in [1.807, 2.05) is 60.7 Å². The molecule has 1 N–H and O–H groups in total. The van der Waals surface area contributed by atoms with E-state index in [4.69, 9.17) is 21.6 Å². The highest BCUT2D eigenvalue weighted by Crippen LogP contribution is 2.26. The molecular weight excluding hydrogens is 438 g/mol. The summed E-state index contributed by atoms with van der Waals surface area (Å²) in [6.45, 7) is 0.881. The first-order valence-corrected chi connectivity index (χ1v) is 9.74. The Labute approximate surface area is 177 Å². The molecule has 0 radical (unpaired) electrons. The minimum absolute atomic E-state index is 0.329. The predicted molar refractivity (Wildman–Crippen MR) is 116 cm³/mol. The van der Waals surface area contributed by atoms with Crippen LogP contribution in [0.15, 0.2) is 76.3 Å². The largest absolute Gasteiger partial charge is 0.488 e. The Balaban J connectivity index is 1.58. The van der Waals surface area contributed by atoms with Gasteiger partial charge in [0, 0.05) is 10.6 Å². The van der Waals surface area contributed by atoms with E-state index in [1.54, 1.807) is 12.3 Å². The first-order chi connectivity index (χ1) is 13.7. The maximum absolute atomic E-state index is 9.15. The van der Waals surface area contributed by atoms with E-state index in [2.05, 4.69) is 32.5 Å². The fraction of sp³-hybridized carbons (Fsp3) is 0.0909. The number of ether oxygens (including phenoxy) is 1. The van der Waals surface area contributed by atoms with Crippen molar-refractivity contribution in [1.29, 1.82) is 5.26 Å².